The molecule has 66 valence electrons. The Kier molecular flexibility index (Phi) is 2.63. The fourth-order valence-corrected chi connectivity index (χ4v) is 1.47. The Morgan fingerprint density at radius 3 is 2.29 bits per heavy atom. The van der Waals surface area contributed by atoms with Crippen molar-refractivity contribution in [3.05, 3.63) is 41.1 Å². The summed E-state index contributed by atoms with van der Waals surface area (Å²) in [6.45, 7) is 0. The standard InChI is InChI=1S/C10H6BBrN2/c11-7-1-3-13-9(5-7)10-6-8(12)2-4-14-10/h1-6H. The lowest BCUT2D eigenvalue weighted by Gasteiger charge is -2.00. The summed E-state index contributed by atoms with van der Waals surface area (Å²) in [6, 6.07) is 7.33. The van der Waals surface area contributed by atoms with Crippen LogP contribution in [0.15, 0.2) is 41.1 Å². The molecule has 0 bridgehead atoms. The highest BCUT2D eigenvalue weighted by molar-refractivity contribution is 9.10. The molecular formula is C10H6BBrN2. The topological polar surface area (TPSA) is 25.8 Å². The van der Waals surface area contributed by atoms with Gasteiger partial charge in [-0.25, -0.2) is 0 Å². The molecule has 0 fully saturated rings. The van der Waals surface area contributed by atoms with E-state index in [-0.39, 0.29) is 0 Å². The number of hydrogen-bond acceptors (Lipinski definition) is 2. The molecule has 0 atom stereocenters. The maximum atomic E-state index is 5.65. The summed E-state index contributed by atoms with van der Waals surface area (Å²) in [5.74, 6) is 0. The van der Waals surface area contributed by atoms with Crippen LogP contribution in [0.3, 0.4) is 0 Å². The lowest BCUT2D eigenvalue weighted by atomic mass is 9.96. The van der Waals surface area contributed by atoms with Gasteiger partial charge >= 0.3 is 0 Å². The summed E-state index contributed by atoms with van der Waals surface area (Å²) in [5.41, 5.74) is 2.29. The lowest BCUT2D eigenvalue weighted by Crippen LogP contribution is -2.02. The fraction of sp³-hybridized carbons (Fsp3) is 0. The Bertz CT molecular complexity index is 416. The van der Waals surface area contributed by atoms with E-state index < -0.39 is 0 Å². The van der Waals surface area contributed by atoms with Crippen molar-refractivity contribution in [1.82, 2.24) is 9.97 Å². The fourth-order valence-electron chi connectivity index (χ4n) is 1.13. The third-order valence-corrected chi connectivity index (χ3v) is 2.26. The molecule has 2 aromatic rings. The SMILES string of the molecule is [B]c1ccnc(-c2cc(Br)ccn2)c1. The van der Waals surface area contributed by atoms with Crippen molar-refractivity contribution >= 4 is 29.2 Å². The van der Waals surface area contributed by atoms with Gasteiger partial charge in [0.1, 0.15) is 7.85 Å². The average Bonchev–Trinajstić information content (AvgIpc) is 2.18. The number of pyridine rings is 2. The lowest BCUT2D eigenvalue weighted by molar-refractivity contribution is 1.25. The molecule has 2 rings (SSSR count). The van der Waals surface area contributed by atoms with Crippen LogP contribution in [-0.4, -0.2) is 17.8 Å². The van der Waals surface area contributed by atoms with Crippen LogP contribution in [0.1, 0.15) is 0 Å². The highest BCUT2D eigenvalue weighted by Crippen LogP contribution is 2.17. The first kappa shape index (κ1) is 9.40. The van der Waals surface area contributed by atoms with Gasteiger partial charge < -0.3 is 0 Å². The van der Waals surface area contributed by atoms with Crippen molar-refractivity contribution < 1.29 is 0 Å². The second-order valence-electron chi connectivity index (χ2n) is 2.83. The van der Waals surface area contributed by atoms with E-state index in [9.17, 15) is 0 Å². The Morgan fingerprint density at radius 1 is 1.00 bits per heavy atom. The second-order valence-corrected chi connectivity index (χ2v) is 3.75. The third-order valence-electron chi connectivity index (χ3n) is 1.77. The van der Waals surface area contributed by atoms with E-state index in [1.54, 1.807) is 24.5 Å². The molecule has 0 spiro atoms. The molecule has 4 heteroatoms. The monoisotopic (exact) mass is 244 g/mol. The van der Waals surface area contributed by atoms with Gasteiger partial charge in [-0.2, -0.15) is 0 Å². The summed E-state index contributed by atoms with van der Waals surface area (Å²) >= 11 is 3.38. The van der Waals surface area contributed by atoms with Gasteiger partial charge in [0.15, 0.2) is 0 Å². The van der Waals surface area contributed by atoms with Gasteiger partial charge in [0.25, 0.3) is 0 Å². The van der Waals surface area contributed by atoms with Crippen molar-refractivity contribution in [3.8, 4) is 11.4 Å². The van der Waals surface area contributed by atoms with E-state index in [0.717, 1.165) is 15.9 Å². The van der Waals surface area contributed by atoms with Crippen LogP contribution in [0.4, 0.5) is 0 Å². The molecule has 0 amide bonds. The van der Waals surface area contributed by atoms with Crippen molar-refractivity contribution in [2.75, 3.05) is 0 Å². The number of aromatic nitrogens is 2. The molecule has 2 nitrogen and oxygen atoms in total. The second kappa shape index (κ2) is 3.92. The molecular weight excluding hydrogens is 239 g/mol. The van der Waals surface area contributed by atoms with E-state index in [4.69, 9.17) is 7.85 Å². The molecule has 14 heavy (non-hydrogen) atoms. The molecule has 0 saturated heterocycles. The van der Waals surface area contributed by atoms with E-state index in [1.807, 2.05) is 12.1 Å². The normalized spacial score (nSPS) is 10.1. The highest BCUT2D eigenvalue weighted by atomic mass is 79.9. The zero-order valence-electron chi connectivity index (χ0n) is 7.31. The smallest absolute Gasteiger partial charge is 0.113 e. The minimum atomic E-state index is 0.691. The van der Waals surface area contributed by atoms with Crippen LogP contribution >= 0.6 is 15.9 Å². The van der Waals surface area contributed by atoms with E-state index in [1.165, 1.54) is 0 Å². The van der Waals surface area contributed by atoms with Gasteiger partial charge in [0, 0.05) is 16.9 Å². The Labute approximate surface area is 91.9 Å². The van der Waals surface area contributed by atoms with E-state index in [2.05, 4.69) is 25.9 Å². The molecule has 0 aliphatic carbocycles. The maximum absolute atomic E-state index is 5.65. The van der Waals surface area contributed by atoms with Gasteiger partial charge in [-0.1, -0.05) is 27.5 Å². The van der Waals surface area contributed by atoms with Crippen molar-refractivity contribution in [1.29, 1.82) is 0 Å². The summed E-state index contributed by atoms with van der Waals surface area (Å²) in [7, 11) is 5.65. The largest absolute Gasteiger partial charge is 0.255 e. The highest BCUT2D eigenvalue weighted by Gasteiger charge is 2.00. The Hall–Kier alpha value is -1.16. The van der Waals surface area contributed by atoms with E-state index >= 15 is 0 Å². The molecule has 2 heterocycles. The molecule has 0 N–H and O–H groups in total. The minimum absolute atomic E-state index is 0.691. The number of halogens is 1. The van der Waals surface area contributed by atoms with Gasteiger partial charge in [0.05, 0.1) is 11.4 Å². The van der Waals surface area contributed by atoms with Gasteiger partial charge in [-0.3, -0.25) is 9.97 Å². The van der Waals surface area contributed by atoms with Crippen molar-refractivity contribution in [2.45, 2.75) is 0 Å². The van der Waals surface area contributed by atoms with Crippen LogP contribution in [0, 0.1) is 0 Å². The third kappa shape index (κ3) is 2.01. The van der Waals surface area contributed by atoms with Gasteiger partial charge in [0.2, 0.25) is 0 Å². The van der Waals surface area contributed by atoms with Gasteiger partial charge in [-0.15, -0.1) is 0 Å². The zero-order valence-corrected chi connectivity index (χ0v) is 8.90. The molecule has 0 aromatic carbocycles. The van der Waals surface area contributed by atoms with Gasteiger partial charge in [-0.05, 0) is 18.2 Å². The molecule has 0 aliphatic rings. The predicted octanol–water partition coefficient (Wildman–Crippen LogP) is 1.70. The molecule has 0 unspecified atom stereocenters. The van der Waals surface area contributed by atoms with Crippen LogP contribution in [0.25, 0.3) is 11.4 Å². The average molecular weight is 245 g/mol. The molecule has 2 radical (unpaired) electrons. The predicted molar refractivity (Wildman–Crippen MR) is 60.6 cm³/mol. The number of nitrogens with zero attached hydrogens (tertiary/aromatic N) is 2. The van der Waals surface area contributed by atoms with Crippen LogP contribution in [0.2, 0.25) is 0 Å². The van der Waals surface area contributed by atoms with Crippen molar-refractivity contribution in [3.63, 3.8) is 0 Å². The van der Waals surface area contributed by atoms with Crippen molar-refractivity contribution in [2.24, 2.45) is 0 Å². The van der Waals surface area contributed by atoms with Crippen LogP contribution in [-0.2, 0) is 0 Å². The number of rotatable bonds is 1. The molecule has 0 aliphatic heterocycles. The van der Waals surface area contributed by atoms with Crippen LogP contribution < -0.4 is 5.46 Å². The minimum Gasteiger partial charge on any atom is -0.255 e. The van der Waals surface area contributed by atoms with Crippen LogP contribution in [0.5, 0.6) is 0 Å². The maximum Gasteiger partial charge on any atom is 0.113 e. The summed E-state index contributed by atoms with van der Waals surface area (Å²) in [4.78, 5) is 8.39. The Balaban J connectivity index is 2.49. The first-order valence-electron chi connectivity index (χ1n) is 4.09. The van der Waals surface area contributed by atoms with E-state index in [0.29, 0.717) is 5.46 Å². The quantitative estimate of drug-likeness (QED) is 0.714. The molecule has 0 saturated carbocycles. The summed E-state index contributed by atoms with van der Waals surface area (Å²) in [6.07, 6.45) is 3.40. The first-order chi connectivity index (χ1) is 6.75. The first-order valence-corrected chi connectivity index (χ1v) is 4.88. The number of hydrogen-bond donors (Lipinski definition) is 0. The summed E-state index contributed by atoms with van der Waals surface area (Å²) < 4.78 is 0.978. The Morgan fingerprint density at radius 2 is 1.64 bits per heavy atom. The zero-order chi connectivity index (χ0) is 9.97. The molecule has 2 aromatic heterocycles. The summed E-state index contributed by atoms with van der Waals surface area (Å²) in [5, 5.41) is 0.